The second kappa shape index (κ2) is 9.36. The second-order valence-electron chi connectivity index (χ2n) is 8.38. The van der Waals surface area contributed by atoms with Crippen molar-refractivity contribution in [3.63, 3.8) is 0 Å². The van der Waals surface area contributed by atoms with E-state index in [0.29, 0.717) is 12.3 Å². The Morgan fingerprint density at radius 3 is 2.53 bits per heavy atom. The third-order valence-electron chi connectivity index (χ3n) is 5.24. The third kappa shape index (κ3) is 4.57. The fourth-order valence-corrected chi connectivity index (χ4v) is 3.67. The molecule has 0 saturated heterocycles. The Morgan fingerprint density at radius 1 is 1.03 bits per heavy atom. The van der Waals surface area contributed by atoms with E-state index >= 15 is 0 Å². The molecule has 0 spiro atoms. The van der Waals surface area contributed by atoms with Gasteiger partial charge in [-0.1, -0.05) is 30.3 Å². The SMILES string of the molecule is CC(C)n1nc(-c2c(-c3ccccc3)nn3ccc(OCCCN(C)C)cc23)ccc1=O. The van der Waals surface area contributed by atoms with Crippen LogP contribution < -0.4 is 10.3 Å². The smallest absolute Gasteiger partial charge is 0.267 e. The van der Waals surface area contributed by atoms with Crippen LogP contribution in [0.3, 0.4) is 0 Å². The molecule has 0 amide bonds. The van der Waals surface area contributed by atoms with Gasteiger partial charge in [0.2, 0.25) is 0 Å². The van der Waals surface area contributed by atoms with Crippen LogP contribution in [0.4, 0.5) is 0 Å². The van der Waals surface area contributed by atoms with Gasteiger partial charge in [0.1, 0.15) is 11.4 Å². The van der Waals surface area contributed by atoms with Crippen molar-refractivity contribution in [1.82, 2.24) is 24.3 Å². The maximum atomic E-state index is 12.3. The molecule has 0 aliphatic heterocycles. The number of fused-ring (bicyclic) bond motifs is 1. The van der Waals surface area contributed by atoms with Gasteiger partial charge in [-0.25, -0.2) is 9.20 Å². The predicted molar refractivity (Wildman–Crippen MR) is 127 cm³/mol. The lowest BCUT2D eigenvalue weighted by molar-refractivity contribution is 0.281. The van der Waals surface area contributed by atoms with Gasteiger partial charge in [0.05, 0.1) is 29.4 Å². The normalized spacial score (nSPS) is 11.6. The van der Waals surface area contributed by atoms with E-state index in [-0.39, 0.29) is 11.6 Å². The number of rotatable bonds is 8. The van der Waals surface area contributed by atoms with Crippen LogP contribution in [0.15, 0.2) is 65.6 Å². The Bertz CT molecular complexity index is 1260. The molecular formula is C25H29N5O2. The minimum atomic E-state index is -0.119. The second-order valence-corrected chi connectivity index (χ2v) is 8.38. The van der Waals surface area contributed by atoms with E-state index in [1.54, 1.807) is 12.1 Å². The molecule has 3 heterocycles. The first kappa shape index (κ1) is 21.8. The number of hydrogen-bond acceptors (Lipinski definition) is 5. The van der Waals surface area contributed by atoms with Crippen LogP contribution in [0, 0.1) is 0 Å². The fraction of sp³-hybridized carbons (Fsp3) is 0.320. The summed E-state index contributed by atoms with van der Waals surface area (Å²) in [4.78, 5) is 14.4. The first-order valence-electron chi connectivity index (χ1n) is 10.9. The van der Waals surface area contributed by atoms with Crippen LogP contribution in [0.5, 0.6) is 5.75 Å². The summed E-state index contributed by atoms with van der Waals surface area (Å²) in [5.41, 5.74) is 4.16. The lowest BCUT2D eigenvalue weighted by atomic mass is 10.0. The molecule has 3 aromatic heterocycles. The Morgan fingerprint density at radius 2 is 1.81 bits per heavy atom. The molecule has 7 nitrogen and oxygen atoms in total. The van der Waals surface area contributed by atoms with Crippen molar-refractivity contribution in [3.05, 3.63) is 71.1 Å². The molecule has 0 aliphatic rings. The van der Waals surface area contributed by atoms with E-state index in [0.717, 1.165) is 41.1 Å². The van der Waals surface area contributed by atoms with Crippen molar-refractivity contribution in [1.29, 1.82) is 0 Å². The predicted octanol–water partition coefficient (Wildman–Crippen LogP) is 4.14. The minimum Gasteiger partial charge on any atom is -0.493 e. The van der Waals surface area contributed by atoms with E-state index in [2.05, 4.69) is 24.1 Å². The highest BCUT2D eigenvalue weighted by Gasteiger charge is 2.19. The van der Waals surface area contributed by atoms with Crippen LogP contribution in [0.2, 0.25) is 0 Å². The summed E-state index contributed by atoms with van der Waals surface area (Å²) in [6.07, 6.45) is 2.85. The van der Waals surface area contributed by atoms with Crippen LogP contribution in [0.25, 0.3) is 28.0 Å². The van der Waals surface area contributed by atoms with E-state index in [1.165, 1.54) is 4.68 Å². The molecule has 0 aliphatic carbocycles. The van der Waals surface area contributed by atoms with Gasteiger partial charge >= 0.3 is 0 Å². The molecule has 166 valence electrons. The number of ether oxygens (including phenoxy) is 1. The Hall–Kier alpha value is -3.45. The molecule has 0 radical (unpaired) electrons. The third-order valence-corrected chi connectivity index (χ3v) is 5.24. The highest BCUT2D eigenvalue weighted by Crippen LogP contribution is 2.35. The van der Waals surface area contributed by atoms with Crippen molar-refractivity contribution in [2.45, 2.75) is 26.3 Å². The van der Waals surface area contributed by atoms with Crippen molar-refractivity contribution in [2.24, 2.45) is 0 Å². The standard InChI is InChI=1S/C25H29N5O2/c1-18(2)30-23(31)12-11-21(26-30)24-22-17-20(32-16-8-14-28(3)4)13-15-29(22)27-25(24)19-9-6-5-7-10-19/h5-7,9-13,15,17-18H,8,14,16H2,1-4H3. The Labute approximate surface area is 187 Å². The average Bonchev–Trinajstić information content (AvgIpc) is 3.16. The van der Waals surface area contributed by atoms with Gasteiger partial charge in [-0.3, -0.25) is 4.79 Å². The lowest BCUT2D eigenvalue weighted by Crippen LogP contribution is -2.23. The summed E-state index contributed by atoms with van der Waals surface area (Å²) in [6.45, 7) is 5.51. The largest absolute Gasteiger partial charge is 0.493 e. The van der Waals surface area contributed by atoms with Gasteiger partial charge < -0.3 is 9.64 Å². The van der Waals surface area contributed by atoms with Crippen LogP contribution in [-0.4, -0.2) is 51.5 Å². The maximum absolute atomic E-state index is 12.3. The van der Waals surface area contributed by atoms with Gasteiger partial charge in [-0.2, -0.15) is 10.2 Å². The molecule has 0 atom stereocenters. The zero-order valence-corrected chi connectivity index (χ0v) is 19.0. The average molecular weight is 432 g/mol. The molecule has 7 heteroatoms. The van der Waals surface area contributed by atoms with Crippen molar-refractivity contribution in [3.8, 4) is 28.3 Å². The summed E-state index contributed by atoms with van der Waals surface area (Å²) in [7, 11) is 4.11. The zero-order chi connectivity index (χ0) is 22.7. The molecule has 0 bridgehead atoms. The van der Waals surface area contributed by atoms with Crippen molar-refractivity contribution >= 4 is 5.52 Å². The number of hydrogen-bond donors (Lipinski definition) is 0. The molecular weight excluding hydrogens is 402 g/mol. The Kier molecular flexibility index (Phi) is 6.37. The monoisotopic (exact) mass is 431 g/mol. The molecule has 4 aromatic rings. The number of aromatic nitrogens is 4. The summed E-state index contributed by atoms with van der Waals surface area (Å²) in [6, 6.07) is 17.3. The maximum Gasteiger partial charge on any atom is 0.267 e. The van der Waals surface area contributed by atoms with Gasteiger partial charge in [0.15, 0.2) is 0 Å². The van der Waals surface area contributed by atoms with Crippen LogP contribution in [0.1, 0.15) is 26.3 Å². The number of nitrogens with zero attached hydrogens (tertiary/aromatic N) is 5. The van der Waals surface area contributed by atoms with Crippen molar-refractivity contribution in [2.75, 3.05) is 27.2 Å². The minimum absolute atomic E-state index is 0.0416. The lowest BCUT2D eigenvalue weighted by Gasteiger charge is -2.11. The summed E-state index contributed by atoms with van der Waals surface area (Å²) in [5.74, 6) is 0.786. The van der Waals surface area contributed by atoms with E-state index in [9.17, 15) is 4.79 Å². The highest BCUT2D eigenvalue weighted by molar-refractivity contribution is 5.91. The van der Waals surface area contributed by atoms with Crippen LogP contribution in [-0.2, 0) is 0 Å². The summed E-state index contributed by atoms with van der Waals surface area (Å²) < 4.78 is 9.36. The molecule has 32 heavy (non-hydrogen) atoms. The van der Waals surface area contributed by atoms with Crippen LogP contribution >= 0.6 is 0 Å². The first-order valence-corrected chi connectivity index (χ1v) is 10.9. The molecule has 4 rings (SSSR count). The first-order chi connectivity index (χ1) is 15.4. The summed E-state index contributed by atoms with van der Waals surface area (Å²) >= 11 is 0. The molecule has 0 fully saturated rings. The molecule has 0 unspecified atom stereocenters. The van der Waals surface area contributed by atoms with Crippen molar-refractivity contribution < 1.29 is 4.74 Å². The van der Waals surface area contributed by atoms with Gasteiger partial charge in [0, 0.05) is 30.4 Å². The fourth-order valence-electron chi connectivity index (χ4n) is 3.67. The molecule has 0 saturated carbocycles. The molecule has 1 aromatic carbocycles. The topological polar surface area (TPSA) is 64.7 Å². The van der Waals surface area contributed by atoms with E-state index in [4.69, 9.17) is 9.84 Å². The zero-order valence-electron chi connectivity index (χ0n) is 19.0. The van der Waals surface area contributed by atoms with E-state index < -0.39 is 0 Å². The van der Waals surface area contributed by atoms with Gasteiger partial charge in [0.25, 0.3) is 5.56 Å². The quantitative estimate of drug-likeness (QED) is 0.393. The summed E-state index contributed by atoms with van der Waals surface area (Å²) in [5, 5.41) is 9.52. The van der Waals surface area contributed by atoms with Gasteiger partial charge in [-0.15, -0.1) is 0 Å². The van der Waals surface area contributed by atoms with E-state index in [1.807, 2.05) is 67.0 Å². The molecule has 0 N–H and O–H groups in total. The van der Waals surface area contributed by atoms with Gasteiger partial charge in [-0.05, 0) is 46.5 Å². The Balaban J connectivity index is 1.83. The number of benzene rings is 1. The highest BCUT2D eigenvalue weighted by atomic mass is 16.5. The number of pyridine rings is 1.